The highest BCUT2D eigenvalue weighted by Crippen LogP contribution is 2.41. The highest BCUT2D eigenvalue weighted by Gasteiger charge is 2.44. The summed E-state index contributed by atoms with van der Waals surface area (Å²) < 4.78 is 16.6. The van der Waals surface area contributed by atoms with Crippen molar-refractivity contribution in [1.82, 2.24) is 0 Å². The van der Waals surface area contributed by atoms with Crippen molar-refractivity contribution >= 4 is 40.2 Å². The zero-order chi connectivity index (χ0) is 12.7. The minimum Gasteiger partial charge on any atom is -0.460 e. The molecule has 0 aromatic heterocycles. The molecule has 0 unspecified atom stereocenters. The molecular weight excluding hydrogens is 370 g/mol. The highest BCUT2D eigenvalue weighted by molar-refractivity contribution is 14.1. The Morgan fingerprint density at radius 2 is 2.11 bits per heavy atom. The molecule has 96 valence electrons. The first-order valence-corrected chi connectivity index (χ1v) is 7.47. The van der Waals surface area contributed by atoms with Crippen molar-refractivity contribution in [3.05, 3.63) is 23.8 Å². The molecule has 0 aliphatic carbocycles. The van der Waals surface area contributed by atoms with Crippen LogP contribution in [0.1, 0.15) is 11.5 Å². The number of halogens is 2. The molecule has 0 N–H and O–H groups in total. The molecule has 2 aliphatic heterocycles. The van der Waals surface area contributed by atoms with Gasteiger partial charge in [-0.15, -0.1) is 11.6 Å². The molecule has 0 radical (unpaired) electrons. The van der Waals surface area contributed by atoms with Crippen molar-refractivity contribution in [2.45, 2.75) is 17.4 Å². The van der Waals surface area contributed by atoms with E-state index in [2.05, 4.69) is 22.6 Å². The Balaban J connectivity index is 1.96. The number of carbonyl (C=O) groups is 1. The van der Waals surface area contributed by atoms with E-state index in [0.717, 1.165) is 11.3 Å². The van der Waals surface area contributed by atoms with Crippen LogP contribution in [-0.4, -0.2) is 28.7 Å². The lowest BCUT2D eigenvalue weighted by atomic mass is 9.92. The van der Waals surface area contributed by atoms with E-state index in [1.54, 1.807) is 0 Å². The third-order valence-electron chi connectivity index (χ3n) is 3.14. The summed E-state index contributed by atoms with van der Waals surface area (Å²) in [6.45, 7) is 0.235. The number of esters is 1. The van der Waals surface area contributed by atoms with Crippen LogP contribution in [0.3, 0.4) is 0 Å². The van der Waals surface area contributed by atoms with Crippen molar-refractivity contribution in [2.24, 2.45) is 0 Å². The number of cyclic esters (lactones) is 1. The van der Waals surface area contributed by atoms with Gasteiger partial charge in [0.25, 0.3) is 0 Å². The first kappa shape index (κ1) is 12.3. The zero-order valence-corrected chi connectivity index (χ0v) is 12.2. The molecule has 3 atom stereocenters. The van der Waals surface area contributed by atoms with Crippen LogP contribution in [0.4, 0.5) is 0 Å². The molecule has 1 saturated heterocycles. The molecule has 1 aromatic carbocycles. The molecule has 1 aromatic rings. The normalized spacial score (nSPS) is 29.4. The van der Waals surface area contributed by atoms with E-state index in [1.807, 2.05) is 18.2 Å². The lowest BCUT2D eigenvalue weighted by molar-refractivity contribution is -0.140. The second kappa shape index (κ2) is 4.77. The third-order valence-corrected chi connectivity index (χ3v) is 4.46. The fraction of sp³-hybridized carbons (Fsp3) is 0.417. The topological polar surface area (TPSA) is 44.8 Å². The minimum absolute atomic E-state index is 0.134. The molecule has 0 bridgehead atoms. The number of fused-ring (bicyclic) bond motifs is 1. The lowest BCUT2D eigenvalue weighted by Gasteiger charge is -2.17. The van der Waals surface area contributed by atoms with Gasteiger partial charge in [-0.1, -0.05) is 28.7 Å². The molecule has 2 aliphatic rings. The van der Waals surface area contributed by atoms with Gasteiger partial charge in [0.1, 0.15) is 11.5 Å². The van der Waals surface area contributed by atoms with Gasteiger partial charge in [0.15, 0.2) is 11.5 Å². The maximum absolute atomic E-state index is 11.5. The molecule has 1 fully saturated rings. The Hall–Kier alpha value is -0.690. The van der Waals surface area contributed by atoms with Crippen LogP contribution < -0.4 is 9.47 Å². The van der Waals surface area contributed by atoms with Crippen LogP contribution in [0.25, 0.3) is 0 Å². The first-order valence-electron chi connectivity index (χ1n) is 5.51. The van der Waals surface area contributed by atoms with Gasteiger partial charge in [-0.25, -0.2) is 0 Å². The summed E-state index contributed by atoms with van der Waals surface area (Å²) in [5, 5.41) is -0.634. The smallest absolute Gasteiger partial charge is 0.325 e. The maximum Gasteiger partial charge on any atom is 0.325 e. The van der Waals surface area contributed by atoms with E-state index in [1.165, 1.54) is 0 Å². The SMILES string of the molecule is O=C1O[C@@H](CI)[C@H](c2ccc3c(c2)OCO3)[C@H]1Cl. The second-order valence-electron chi connectivity index (χ2n) is 4.17. The van der Waals surface area contributed by atoms with Gasteiger partial charge in [0.05, 0.1) is 0 Å². The Morgan fingerprint density at radius 1 is 1.33 bits per heavy atom. The second-order valence-corrected chi connectivity index (χ2v) is 5.52. The van der Waals surface area contributed by atoms with Crippen LogP contribution in [-0.2, 0) is 9.53 Å². The maximum atomic E-state index is 11.5. The first-order chi connectivity index (χ1) is 8.70. The number of alkyl halides is 2. The van der Waals surface area contributed by atoms with Crippen LogP contribution in [0, 0.1) is 0 Å². The number of hydrogen-bond acceptors (Lipinski definition) is 4. The average molecular weight is 381 g/mol. The summed E-state index contributed by atoms with van der Waals surface area (Å²) in [7, 11) is 0. The van der Waals surface area contributed by atoms with E-state index in [9.17, 15) is 4.79 Å². The Bertz CT molecular complexity index is 493. The van der Waals surface area contributed by atoms with Crippen molar-refractivity contribution in [1.29, 1.82) is 0 Å². The predicted octanol–water partition coefficient (Wildman–Crippen LogP) is 2.47. The summed E-state index contributed by atoms with van der Waals surface area (Å²) in [6.07, 6.45) is -0.180. The third kappa shape index (κ3) is 1.93. The van der Waals surface area contributed by atoms with E-state index in [4.69, 9.17) is 25.8 Å². The van der Waals surface area contributed by atoms with Gasteiger partial charge in [0.2, 0.25) is 6.79 Å². The monoisotopic (exact) mass is 380 g/mol. The van der Waals surface area contributed by atoms with Crippen molar-refractivity contribution in [3.8, 4) is 11.5 Å². The molecular formula is C12H10ClIO4. The van der Waals surface area contributed by atoms with Crippen LogP contribution in [0.5, 0.6) is 11.5 Å². The Kier molecular flexibility index (Phi) is 3.27. The van der Waals surface area contributed by atoms with Crippen molar-refractivity contribution in [2.75, 3.05) is 11.2 Å². The van der Waals surface area contributed by atoms with Gasteiger partial charge in [-0.2, -0.15) is 0 Å². The summed E-state index contributed by atoms with van der Waals surface area (Å²) >= 11 is 8.33. The number of carbonyl (C=O) groups excluding carboxylic acids is 1. The molecule has 0 saturated carbocycles. The minimum atomic E-state index is -0.634. The lowest BCUT2D eigenvalue weighted by Crippen LogP contribution is -2.20. The standard InChI is InChI=1S/C12H10ClIO4/c13-11-10(9(4-14)18-12(11)15)6-1-2-7-8(3-6)17-5-16-7/h1-3,9-11H,4-5H2/t9-,10-,11+/m0/s1. The Labute approximate surface area is 123 Å². The average Bonchev–Trinajstić information content (AvgIpc) is 2.94. The highest BCUT2D eigenvalue weighted by atomic mass is 127. The molecule has 3 rings (SSSR count). The summed E-state index contributed by atoms with van der Waals surface area (Å²) in [5.74, 6) is 0.940. The van der Waals surface area contributed by atoms with Crippen molar-refractivity contribution in [3.63, 3.8) is 0 Å². The molecule has 2 heterocycles. The molecule has 18 heavy (non-hydrogen) atoms. The largest absolute Gasteiger partial charge is 0.460 e. The summed E-state index contributed by atoms with van der Waals surface area (Å²) in [5.41, 5.74) is 0.951. The van der Waals surface area contributed by atoms with Crippen LogP contribution in [0.15, 0.2) is 18.2 Å². The fourth-order valence-electron chi connectivity index (χ4n) is 2.25. The zero-order valence-electron chi connectivity index (χ0n) is 9.27. The van der Waals surface area contributed by atoms with Gasteiger partial charge in [-0.05, 0) is 17.7 Å². The van der Waals surface area contributed by atoms with E-state index < -0.39 is 5.38 Å². The number of benzene rings is 1. The van der Waals surface area contributed by atoms with E-state index in [-0.39, 0.29) is 24.8 Å². The van der Waals surface area contributed by atoms with Gasteiger partial charge in [0, 0.05) is 10.3 Å². The molecule has 6 heteroatoms. The van der Waals surface area contributed by atoms with Crippen LogP contribution >= 0.6 is 34.2 Å². The fourth-order valence-corrected chi connectivity index (χ4v) is 3.34. The number of rotatable bonds is 2. The molecule has 4 nitrogen and oxygen atoms in total. The Morgan fingerprint density at radius 3 is 2.89 bits per heavy atom. The number of ether oxygens (including phenoxy) is 3. The van der Waals surface area contributed by atoms with Crippen molar-refractivity contribution < 1.29 is 19.0 Å². The summed E-state index contributed by atoms with van der Waals surface area (Å²) in [6, 6.07) is 5.63. The van der Waals surface area contributed by atoms with E-state index in [0.29, 0.717) is 10.2 Å². The van der Waals surface area contributed by atoms with Gasteiger partial charge >= 0.3 is 5.97 Å². The van der Waals surface area contributed by atoms with E-state index >= 15 is 0 Å². The predicted molar refractivity (Wildman–Crippen MR) is 73.7 cm³/mol. The van der Waals surface area contributed by atoms with Crippen LogP contribution in [0.2, 0.25) is 0 Å². The summed E-state index contributed by atoms with van der Waals surface area (Å²) in [4.78, 5) is 11.5. The quantitative estimate of drug-likeness (QED) is 0.449. The van der Waals surface area contributed by atoms with Gasteiger partial charge < -0.3 is 14.2 Å². The molecule has 0 amide bonds. The van der Waals surface area contributed by atoms with Gasteiger partial charge in [-0.3, -0.25) is 4.79 Å². The number of hydrogen-bond donors (Lipinski definition) is 0. The molecule has 0 spiro atoms.